The molecule has 0 atom stereocenters. The highest BCUT2D eigenvalue weighted by Gasteiger charge is 2.26. The normalized spacial score (nSPS) is 12.8. The maximum Gasteiger partial charge on any atom is 0.142 e. The first kappa shape index (κ1) is 18.3. The summed E-state index contributed by atoms with van der Waals surface area (Å²) in [6.45, 7) is 0.598. The van der Waals surface area contributed by atoms with E-state index in [-0.39, 0.29) is 10.8 Å². The molecule has 2 aromatic carbocycles. The lowest BCUT2D eigenvalue weighted by Crippen LogP contribution is -2.15. The van der Waals surface area contributed by atoms with Gasteiger partial charge in [0.1, 0.15) is 17.6 Å². The van der Waals surface area contributed by atoms with Gasteiger partial charge in [0.05, 0.1) is 28.0 Å². The molecule has 4 aromatic rings. The summed E-state index contributed by atoms with van der Waals surface area (Å²) in [4.78, 5) is 10.5. The maximum atomic E-state index is 13.9. The number of pyridine rings is 2. The largest absolute Gasteiger partial charge is 0.506 e. The van der Waals surface area contributed by atoms with Gasteiger partial charge < -0.3 is 10.0 Å². The van der Waals surface area contributed by atoms with Crippen molar-refractivity contribution < 1.29 is 9.50 Å². The van der Waals surface area contributed by atoms with E-state index in [1.165, 1.54) is 12.3 Å². The topological polar surface area (TPSA) is 73.0 Å². The van der Waals surface area contributed by atoms with Crippen molar-refractivity contribution in [2.45, 2.75) is 6.42 Å². The molecule has 5 rings (SSSR count). The Morgan fingerprint density at radius 3 is 2.77 bits per heavy atom. The third-order valence-electron chi connectivity index (χ3n) is 5.30. The predicted molar refractivity (Wildman–Crippen MR) is 113 cm³/mol. The van der Waals surface area contributed by atoms with Crippen molar-refractivity contribution in [2.24, 2.45) is 0 Å². The average Bonchev–Trinajstić information content (AvgIpc) is 3.14. The second-order valence-electron chi connectivity index (χ2n) is 7.09. The quantitative estimate of drug-likeness (QED) is 0.476. The molecule has 5 nitrogen and oxygen atoms in total. The Morgan fingerprint density at radius 2 is 1.97 bits per heavy atom. The lowest BCUT2D eigenvalue weighted by molar-refractivity contribution is 0.473. The maximum absolute atomic E-state index is 13.9. The third kappa shape index (κ3) is 2.92. The molecule has 3 heterocycles. The Morgan fingerprint density at radius 1 is 1.10 bits per heavy atom. The van der Waals surface area contributed by atoms with Gasteiger partial charge >= 0.3 is 0 Å². The van der Waals surface area contributed by atoms with E-state index in [0.29, 0.717) is 24.2 Å². The number of halogens is 2. The summed E-state index contributed by atoms with van der Waals surface area (Å²) in [5, 5.41) is 20.4. The zero-order valence-electron chi connectivity index (χ0n) is 15.6. The number of nitriles is 1. The van der Waals surface area contributed by atoms with Crippen LogP contribution in [0.1, 0.15) is 11.1 Å². The molecular formula is C23H14ClFN4O. The van der Waals surface area contributed by atoms with Crippen LogP contribution in [-0.2, 0) is 6.42 Å². The molecule has 1 aliphatic heterocycles. The molecule has 7 heteroatoms. The third-order valence-corrected chi connectivity index (χ3v) is 5.59. The molecule has 2 aromatic heterocycles. The second-order valence-corrected chi connectivity index (χ2v) is 7.50. The number of nitrogens with zero attached hydrogens (tertiary/aromatic N) is 4. The predicted octanol–water partition coefficient (Wildman–Crippen LogP) is 5.36. The van der Waals surface area contributed by atoms with Gasteiger partial charge in [0.25, 0.3) is 0 Å². The highest BCUT2D eigenvalue weighted by atomic mass is 35.5. The van der Waals surface area contributed by atoms with E-state index in [1.54, 1.807) is 24.5 Å². The highest BCUT2D eigenvalue weighted by Crippen LogP contribution is 2.42. The summed E-state index contributed by atoms with van der Waals surface area (Å²) in [6.07, 6.45) is 5.23. The SMILES string of the molecule is N#Cc1cnc2ccc(-c3cncc(O)c3)cc2c1N1CCc2cc(F)c(Cl)cc21. The molecule has 0 aliphatic carbocycles. The lowest BCUT2D eigenvalue weighted by atomic mass is 10.0. The smallest absolute Gasteiger partial charge is 0.142 e. The number of anilines is 2. The van der Waals surface area contributed by atoms with Crippen LogP contribution in [0.2, 0.25) is 5.02 Å². The molecular weight excluding hydrogens is 403 g/mol. The van der Waals surface area contributed by atoms with Gasteiger partial charge in [-0.3, -0.25) is 9.97 Å². The van der Waals surface area contributed by atoms with Crippen molar-refractivity contribution in [1.82, 2.24) is 9.97 Å². The lowest BCUT2D eigenvalue weighted by Gasteiger charge is -2.23. The summed E-state index contributed by atoms with van der Waals surface area (Å²) in [5.41, 5.74) is 5.06. The fraction of sp³-hybridized carbons (Fsp3) is 0.0870. The van der Waals surface area contributed by atoms with Crippen LogP contribution in [-0.4, -0.2) is 21.6 Å². The van der Waals surface area contributed by atoms with Gasteiger partial charge in [0.15, 0.2) is 0 Å². The summed E-state index contributed by atoms with van der Waals surface area (Å²) in [7, 11) is 0. The average molecular weight is 417 g/mol. The van der Waals surface area contributed by atoms with Gasteiger partial charge in [-0.1, -0.05) is 17.7 Å². The zero-order chi connectivity index (χ0) is 20.8. The summed E-state index contributed by atoms with van der Waals surface area (Å²) in [6, 6.07) is 12.6. The van der Waals surface area contributed by atoms with Gasteiger partial charge in [-0.05, 0) is 47.9 Å². The molecule has 0 radical (unpaired) electrons. The van der Waals surface area contributed by atoms with Gasteiger partial charge in [-0.2, -0.15) is 5.26 Å². The van der Waals surface area contributed by atoms with Crippen molar-refractivity contribution in [3.8, 4) is 22.9 Å². The Labute approximate surface area is 176 Å². The summed E-state index contributed by atoms with van der Waals surface area (Å²) < 4.78 is 13.9. The number of hydrogen-bond acceptors (Lipinski definition) is 5. The number of rotatable bonds is 2. The Bertz CT molecular complexity index is 1370. The standard InChI is InChI=1S/C23H14ClFN4O/c24-19-8-22-14(7-20(19)25)3-4-29(22)23-16(9-26)11-28-21-2-1-13(6-18(21)23)15-5-17(30)12-27-10-15/h1-2,5-8,10-12,30H,3-4H2. The van der Waals surface area contributed by atoms with Crippen LogP contribution in [0, 0.1) is 17.1 Å². The minimum absolute atomic E-state index is 0.0454. The molecule has 1 N–H and O–H groups in total. The van der Waals surface area contributed by atoms with Crippen LogP contribution in [0.5, 0.6) is 5.75 Å². The molecule has 1 aliphatic rings. The monoisotopic (exact) mass is 416 g/mol. The molecule has 0 bridgehead atoms. The Hall–Kier alpha value is -3.69. The van der Waals surface area contributed by atoms with Crippen molar-refractivity contribution in [3.05, 3.63) is 77.0 Å². The van der Waals surface area contributed by atoms with Crippen molar-refractivity contribution >= 4 is 33.9 Å². The molecule has 30 heavy (non-hydrogen) atoms. The van der Waals surface area contributed by atoms with E-state index in [1.807, 2.05) is 23.1 Å². The number of fused-ring (bicyclic) bond motifs is 2. The summed E-state index contributed by atoms with van der Waals surface area (Å²) in [5.74, 6) is -0.377. The minimum atomic E-state index is -0.448. The van der Waals surface area contributed by atoms with Crippen LogP contribution in [0.15, 0.2) is 55.0 Å². The van der Waals surface area contributed by atoms with E-state index in [9.17, 15) is 14.8 Å². The molecule has 0 amide bonds. The molecule has 0 unspecified atom stereocenters. The van der Waals surface area contributed by atoms with Crippen LogP contribution < -0.4 is 4.90 Å². The Kier molecular flexibility index (Phi) is 4.27. The number of hydrogen-bond donors (Lipinski definition) is 1. The molecule has 146 valence electrons. The zero-order valence-corrected chi connectivity index (χ0v) is 16.4. The first-order chi connectivity index (χ1) is 14.5. The van der Waals surface area contributed by atoms with Gasteiger partial charge in [-0.15, -0.1) is 0 Å². The van der Waals surface area contributed by atoms with Gasteiger partial charge in [-0.25, -0.2) is 4.39 Å². The first-order valence-corrected chi connectivity index (χ1v) is 9.65. The van der Waals surface area contributed by atoms with Crippen molar-refractivity contribution in [2.75, 3.05) is 11.4 Å². The van der Waals surface area contributed by atoms with Crippen molar-refractivity contribution in [1.29, 1.82) is 5.26 Å². The fourth-order valence-electron chi connectivity index (χ4n) is 3.93. The number of benzene rings is 2. The molecule has 0 saturated heterocycles. The van der Waals surface area contributed by atoms with E-state index in [0.717, 1.165) is 33.3 Å². The molecule has 0 saturated carbocycles. The van der Waals surface area contributed by atoms with Crippen LogP contribution in [0.4, 0.5) is 15.8 Å². The van der Waals surface area contributed by atoms with E-state index in [2.05, 4.69) is 16.0 Å². The van der Waals surface area contributed by atoms with Crippen molar-refractivity contribution in [3.63, 3.8) is 0 Å². The van der Waals surface area contributed by atoms with Gasteiger partial charge in [0.2, 0.25) is 0 Å². The second kappa shape index (κ2) is 6.97. The van der Waals surface area contributed by atoms with E-state index < -0.39 is 5.82 Å². The van der Waals surface area contributed by atoms with Crippen LogP contribution in [0.25, 0.3) is 22.0 Å². The van der Waals surface area contributed by atoms with Gasteiger partial charge in [0, 0.05) is 35.6 Å². The first-order valence-electron chi connectivity index (χ1n) is 9.28. The molecule has 0 fully saturated rings. The fourth-order valence-corrected chi connectivity index (χ4v) is 4.09. The van der Waals surface area contributed by atoms with Crippen LogP contribution >= 0.6 is 11.6 Å². The number of aromatic hydroxyl groups is 1. The van der Waals surface area contributed by atoms with E-state index in [4.69, 9.17) is 11.6 Å². The van der Waals surface area contributed by atoms with E-state index >= 15 is 0 Å². The highest BCUT2D eigenvalue weighted by molar-refractivity contribution is 6.31. The number of aromatic nitrogens is 2. The minimum Gasteiger partial charge on any atom is -0.506 e. The summed E-state index contributed by atoms with van der Waals surface area (Å²) >= 11 is 6.05. The molecule has 0 spiro atoms. The Balaban J connectivity index is 1.75. The van der Waals surface area contributed by atoms with Crippen LogP contribution in [0.3, 0.4) is 0 Å².